The molecule has 0 saturated heterocycles. The number of aromatic nitrogens is 2. The summed E-state index contributed by atoms with van der Waals surface area (Å²) in [5, 5.41) is 0. The minimum atomic E-state index is -4.34. The van der Waals surface area contributed by atoms with E-state index in [1.807, 2.05) is 0 Å². The first-order chi connectivity index (χ1) is 13.8. The van der Waals surface area contributed by atoms with Crippen LogP contribution in [0.2, 0.25) is 0 Å². The normalized spacial score (nSPS) is 13.5. The molecule has 0 radical (unpaired) electrons. The van der Waals surface area contributed by atoms with Gasteiger partial charge in [-0.25, -0.2) is 4.98 Å². The van der Waals surface area contributed by atoms with Gasteiger partial charge in [-0.05, 0) is 63.5 Å². The lowest BCUT2D eigenvalue weighted by molar-refractivity contribution is -0.137. The van der Waals surface area contributed by atoms with Gasteiger partial charge in [-0.15, -0.1) is 0 Å². The van der Waals surface area contributed by atoms with Gasteiger partial charge in [-0.3, -0.25) is 0 Å². The molecule has 0 N–H and O–H groups in total. The van der Waals surface area contributed by atoms with Crippen molar-refractivity contribution in [2.24, 2.45) is 0 Å². The quantitative estimate of drug-likeness (QED) is 0.380. The highest BCUT2D eigenvalue weighted by Crippen LogP contribution is 2.32. The van der Waals surface area contributed by atoms with Gasteiger partial charge in [0.15, 0.2) is 0 Å². The van der Waals surface area contributed by atoms with Gasteiger partial charge >= 0.3 is 6.18 Å². The maximum absolute atomic E-state index is 13.1. The number of hydrogen-bond acceptors (Lipinski definition) is 2. The van der Waals surface area contributed by atoms with E-state index < -0.39 is 11.7 Å². The van der Waals surface area contributed by atoms with E-state index in [1.54, 1.807) is 6.07 Å². The van der Waals surface area contributed by atoms with Crippen LogP contribution in [0.15, 0.2) is 18.2 Å². The Morgan fingerprint density at radius 2 is 1.62 bits per heavy atom. The summed E-state index contributed by atoms with van der Waals surface area (Å²) in [7, 11) is 0. The van der Waals surface area contributed by atoms with Crippen molar-refractivity contribution >= 4 is 11.0 Å². The lowest BCUT2D eigenvalue weighted by atomic mass is 10.1. The zero-order valence-electron chi connectivity index (χ0n) is 18.4. The highest BCUT2D eigenvalue weighted by molar-refractivity contribution is 5.77. The predicted octanol–water partition coefficient (Wildman–Crippen LogP) is 6.86. The van der Waals surface area contributed by atoms with E-state index in [4.69, 9.17) is 0 Å². The molecule has 0 amide bonds. The molecule has 0 saturated carbocycles. The third-order valence-corrected chi connectivity index (χ3v) is 5.67. The summed E-state index contributed by atoms with van der Waals surface area (Å²) in [6, 6.07) is 3.95. The van der Waals surface area contributed by atoms with Crippen LogP contribution in [-0.4, -0.2) is 34.1 Å². The van der Waals surface area contributed by atoms with E-state index in [0.29, 0.717) is 5.52 Å². The zero-order chi connectivity index (χ0) is 21.4. The lowest BCUT2D eigenvalue weighted by Gasteiger charge is -2.22. The topological polar surface area (TPSA) is 21.1 Å². The van der Waals surface area contributed by atoms with Crippen LogP contribution in [0.1, 0.15) is 83.5 Å². The number of halogens is 3. The van der Waals surface area contributed by atoms with Gasteiger partial charge < -0.3 is 9.47 Å². The van der Waals surface area contributed by atoms with Crippen molar-refractivity contribution < 1.29 is 13.2 Å². The smallest absolute Gasteiger partial charge is 0.328 e. The average molecular weight is 412 g/mol. The molecule has 0 aliphatic rings. The van der Waals surface area contributed by atoms with Crippen LogP contribution in [0.4, 0.5) is 13.2 Å². The van der Waals surface area contributed by atoms with Crippen LogP contribution < -0.4 is 0 Å². The Kier molecular flexibility index (Phi) is 9.00. The molecule has 0 aliphatic carbocycles. The molecule has 164 valence electrons. The van der Waals surface area contributed by atoms with Crippen molar-refractivity contribution in [2.45, 2.75) is 84.9 Å². The summed E-state index contributed by atoms with van der Waals surface area (Å²) in [6.45, 7) is 12.6. The van der Waals surface area contributed by atoms with E-state index >= 15 is 0 Å². The van der Waals surface area contributed by atoms with Crippen molar-refractivity contribution in [1.29, 1.82) is 0 Å². The Morgan fingerprint density at radius 1 is 1.00 bits per heavy atom. The number of fused-ring (bicyclic) bond motifs is 1. The Morgan fingerprint density at radius 3 is 2.17 bits per heavy atom. The molecule has 2 rings (SSSR count). The molecule has 0 fully saturated rings. The number of imidazole rings is 1. The molecule has 0 spiro atoms. The molecular weight excluding hydrogens is 375 g/mol. The predicted molar refractivity (Wildman–Crippen MR) is 114 cm³/mol. The monoisotopic (exact) mass is 411 g/mol. The molecule has 0 bridgehead atoms. The molecular formula is C23H36F3N3. The van der Waals surface area contributed by atoms with E-state index in [0.717, 1.165) is 50.4 Å². The lowest BCUT2D eigenvalue weighted by Crippen LogP contribution is -2.28. The van der Waals surface area contributed by atoms with Crippen LogP contribution >= 0.6 is 0 Å². The molecule has 0 aliphatic heterocycles. The largest absolute Gasteiger partial charge is 0.416 e. The highest BCUT2D eigenvalue weighted by atomic mass is 19.4. The van der Waals surface area contributed by atoms with Crippen LogP contribution in [0.25, 0.3) is 11.0 Å². The second-order valence-corrected chi connectivity index (χ2v) is 8.03. The minimum absolute atomic E-state index is 0.216. The molecule has 6 heteroatoms. The van der Waals surface area contributed by atoms with Gasteiger partial charge in [0.1, 0.15) is 5.82 Å². The van der Waals surface area contributed by atoms with Gasteiger partial charge in [0.2, 0.25) is 0 Å². The number of nitrogens with zero attached hydrogens (tertiary/aromatic N) is 3. The minimum Gasteiger partial charge on any atom is -0.328 e. The van der Waals surface area contributed by atoms with Crippen molar-refractivity contribution in [2.75, 3.05) is 19.6 Å². The van der Waals surface area contributed by atoms with E-state index in [2.05, 4.69) is 42.1 Å². The highest BCUT2D eigenvalue weighted by Gasteiger charge is 2.31. The third kappa shape index (κ3) is 6.46. The first-order valence-corrected chi connectivity index (χ1v) is 11.1. The summed E-state index contributed by atoms with van der Waals surface area (Å²) in [6.07, 6.45) is 2.33. The van der Waals surface area contributed by atoms with Crippen LogP contribution in [0, 0.1) is 0 Å². The molecule has 1 aromatic heterocycles. The summed E-state index contributed by atoms with van der Waals surface area (Å²) in [5.74, 6) is 1.11. The summed E-state index contributed by atoms with van der Waals surface area (Å²) in [5.41, 5.74) is 0.626. The maximum Gasteiger partial charge on any atom is 0.416 e. The van der Waals surface area contributed by atoms with E-state index in [9.17, 15) is 13.2 Å². The van der Waals surface area contributed by atoms with Gasteiger partial charge in [0.25, 0.3) is 0 Å². The number of benzene rings is 1. The average Bonchev–Trinajstić information content (AvgIpc) is 3.06. The molecule has 1 unspecified atom stereocenters. The standard InChI is InChI=1S/C23H36F3N3/c1-5-8-13-28(14-9-6-2)15-10-16-29-21-12-11-19(23(24,25)26)17-20(21)27-22(29)18(4)7-3/h11-12,17-18H,5-10,13-16H2,1-4H3. The number of aryl methyl sites for hydroxylation is 1. The second kappa shape index (κ2) is 11.0. The molecule has 1 atom stereocenters. The van der Waals surface area contributed by atoms with Crippen molar-refractivity contribution in [1.82, 2.24) is 14.5 Å². The number of alkyl halides is 3. The third-order valence-electron chi connectivity index (χ3n) is 5.67. The summed E-state index contributed by atoms with van der Waals surface area (Å²) >= 11 is 0. The van der Waals surface area contributed by atoms with Gasteiger partial charge in [-0.1, -0.05) is 40.5 Å². The van der Waals surface area contributed by atoms with Crippen LogP contribution in [0.5, 0.6) is 0 Å². The molecule has 2 aromatic rings. The Hall–Kier alpha value is -1.56. The fourth-order valence-electron chi connectivity index (χ4n) is 3.67. The SMILES string of the molecule is CCCCN(CCCC)CCCn1c(C(C)CC)nc2cc(C(F)(F)F)ccc21. The summed E-state index contributed by atoms with van der Waals surface area (Å²) in [4.78, 5) is 7.13. The molecule has 3 nitrogen and oxygen atoms in total. The molecule has 1 heterocycles. The fourth-order valence-corrected chi connectivity index (χ4v) is 3.67. The Balaban J connectivity index is 2.20. The van der Waals surface area contributed by atoms with Crippen LogP contribution in [0.3, 0.4) is 0 Å². The number of hydrogen-bond donors (Lipinski definition) is 0. The van der Waals surface area contributed by atoms with Gasteiger partial charge in [0, 0.05) is 12.5 Å². The van der Waals surface area contributed by atoms with Gasteiger partial charge in [0.05, 0.1) is 16.6 Å². The second-order valence-electron chi connectivity index (χ2n) is 8.03. The fraction of sp³-hybridized carbons (Fsp3) is 0.696. The van der Waals surface area contributed by atoms with Crippen molar-refractivity contribution in [3.63, 3.8) is 0 Å². The number of rotatable bonds is 12. The van der Waals surface area contributed by atoms with E-state index in [1.165, 1.54) is 37.8 Å². The zero-order valence-corrected chi connectivity index (χ0v) is 18.4. The summed E-state index contributed by atoms with van der Waals surface area (Å²) < 4.78 is 41.4. The van der Waals surface area contributed by atoms with E-state index in [-0.39, 0.29) is 5.92 Å². The maximum atomic E-state index is 13.1. The number of unbranched alkanes of at least 4 members (excludes halogenated alkanes) is 2. The Labute approximate surface area is 173 Å². The van der Waals surface area contributed by atoms with Gasteiger partial charge in [-0.2, -0.15) is 13.2 Å². The first-order valence-electron chi connectivity index (χ1n) is 11.1. The van der Waals surface area contributed by atoms with Crippen molar-refractivity contribution in [3.8, 4) is 0 Å². The first kappa shape index (κ1) is 23.7. The van der Waals surface area contributed by atoms with Crippen LogP contribution in [-0.2, 0) is 12.7 Å². The molecule has 29 heavy (non-hydrogen) atoms. The Bertz CT molecular complexity index is 744. The molecule has 1 aromatic carbocycles. The van der Waals surface area contributed by atoms with Crippen molar-refractivity contribution in [3.05, 3.63) is 29.6 Å².